The average Bonchev–Trinajstić information content (AvgIpc) is 2.18. The number of hydrogen-bond donors (Lipinski definition) is 2. The fourth-order valence-electron chi connectivity index (χ4n) is 0.865. The van der Waals surface area contributed by atoms with Gasteiger partial charge in [-0.25, -0.2) is 5.26 Å². The molecule has 1 atom stereocenters. The zero-order chi connectivity index (χ0) is 9.68. The molecule has 4 nitrogen and oxygen atoms in total. The van der Waals surface area contributed by atoms with E-state index in [1.807, 2.05) is 0 Å². The third-order valence-corrected chi connectivity index (χ3v) is 2.08. The third-order valence-electron chi connectivity index (χ3n) is 1.54. The molecule has 0 fully saturated rings. The zero-order valence-corrected chi connectivity index (χ0v) is 7.82. The Morgan fingerprint density at radius 3 is 2.38 bits per heavy atom. The molecule has 0 spiro atoms. The first-order valence-electron chi connectivity index (χ1n) is 3.57. The normalized spacial score (nSPS) is 12.5. The molecule has 0 aromatic heterocycles. The van der Waals surface area contributed by atoms with Gasteiger partial charge < -0.3 is 9.84 Å². The van der Waals surface area contributed by atoms with Crippen molar-refractivity contribution in [2.45, 2.75) is 5.44 Å². The molecule has 13 heavy (non-hydrogen) atoms. The van der Waals surface area contributed by atoms with E-state index in [9.17, 15) is 5.11 Å². The number of aliphatic hydroxyl groups excluding tert-OH is 1. The van der Waals surface area contributed by atoms with Gasteiger partial charge in [-0.05, 0) is 17.7 Å². The minimum atomic E-state index is -0.893. The molecule has 0 bridgehead atoms. The van der Waals surface area contributed by atoms with Gasteiger partial charge in [0, 0.05) is 0 Å². The molecule has 0 saturated heterocycles. The van der Waals surface area contributed by atoms with Crippen molar-refractivity contribution in [2.24, 2.45) is 0 Å². The molecule has 1 unspecified atom stereocenters. The van der Waals surface area contributed by atoms with Gasteiger partial charge in [0.05, 0.1) is 19.2 Å². The van der Waals surface area contributed by atoms with Crippen molar-refractivity contribution in [3.63, 3.8) is 0 Å². The highest BCUT2D eigenvalue weighted by Gasteiger charge is 2.08. The number of aliphatic hydroxyl groups is 1. The van der Waals surface area contributed by atoms with Crippen LogP contribution in [-0.2, 0) is 4.33 Å². The van der Waals surface area contributed by atoms with Gasteiger partial charge in [0.1, 0.15) is 5.75 Å². The molecule has 1 rings (SSSR count). The quantitative estimate of drug-likeness (QED) is 0.337. The van der Waals surface area contributed by atoms with Crippen LogP contribution in [-0.4, -0.2) is 17.5 Å². The monoisotopic (exact) mass is 202 g/mol. The van der Waals surface area contributed by atoms with Crippen molar-refractivity contribution >= 4 is 12.0 Å². The topological polar surface area (TPSA) is 58.9 Å². The summed E-state index contributed by atoms with van der Waals surface area (Å²) < 4.78 is 8.69. The van der Waals surface area contributed by atoms with E-state index in [1.54, 1.807) is 31.4 Å². The average molecular weight is 202 g/mol. The highest BCUT2D eigenvalue weighted by molar-refractivity contribution is 7.94. The van der Waals surface area contributed by atoms with Gasteiger partial charge in [0.2, 0.25) is 0 Å². The molecule has 0 heterocycles. The van der Waals surface area contributed by atoms with E-state index in [2.05, 4.69) is 4.33 Å². The van der Waals surface area contributed by atoms with Crippen LogP contribution in [0, 0.1) is 0 Å². The summed E-state index contributed by atoms with van der Waals surface area (Å²) in [6, 6.07) is 6.82. The molecule has 0 aliphatic carbocycles. The first-order chi connectivity index (χ1) is 6.27. The van der Waals surface area contributed by atoms with E-state index in [1.165, 1.54) is 0 Å². The van der Waals surface area contributed by atoms with Crippen molar-refractivity contribution in [3.8, 4) is 5.75 Å². The first-order valence-corrected chi connectivity index (χ1v) is 4.37. The maximum Gasteiger partial charge on any atom is 0.153 e. The van der Waals surface area contributed by atoms with E-state index in [0.29, 0.717) is 23.4 Å². The zero-order valence-electron chi connectivity index (χ0n) is 7.01. The Labute approximate surface area is 80.2 Å². The minimum absolute atomic E-state index is 0.568. The second-order valence-electron chi connectivity index (χ2n) is 2.30. The number of ether oxygens (including phenoxy) is 1. The van der Waals surface area contributed by atoms with Crippen molar-refractivity contribution in [1.82, 2.24) is 0 Å². The van der Waals surface area contributed by atoms with Crippen molar-refractivity contribution in [1.29, 1.82) is 0 Å². The number of benzene rings is 1. The van der Waals surface area contributed by atoms with Crippen molar-refractivity contribution in [3.05, 3.63) is 29.8 Å². The number of rotatable bonds is 4. The van der Waals surface area contributed by atoms with Gasteiger partial charge in [-0.15, -0.1) is 0 Å². The summed E-state index contributed by atoms with van der Waals surface area (Å²) in [5.74, 6) is 0.714. The summed E-state index contributed by atoms with van der Waals surface area (Å²) in [6.45, 7) is 0. The second-order valence-corrected chi connectivity index (χ2v) is 3.08. The lowest BCUT2D eigenvalue weighted by atomic mass is 10.2. The van der Waals surface area contributed by atoms with Crippen LogP contribution >= 0.6 is 12.0 Å². The molecule has 2 N–H and O–H groups in total. The van der Waals surface area contributed by atoms with Gasteiger partial charge in [-0.3, -0.25) is 0 Å². The highest BCUT2D eigenvalue weighted by Crippen LogP contribution is 2.26. The maximum absolute atomic E-state index is 9.32. The fourth-order valence-corrected chi connectivity index (χ4v) is 1.21. The molecule has 72 valence electrons. The molecule has 0 aliphatic heterocycles. The van der Waals surface area contributed by atoms with E-state index >= 15 is 0 Å². The van der Waals surface area contributed by atoms with Gasteiger partial charge in [-0.1, -0.05) is 12.1 Å². The molecular weight excluding hydrogens is 192 g/mol. The number of methoxy groups -OCH3 is 1. The standard InChI is InChI=1S/C8H10O4S/c1-11-7-4-2-6(3-5-7)8(9)13-12-10/h2-5,8-10H,1H3. The van der Waals surface area contributed by atoms with Crippen LogP contribution in [0.15, 0.2) is 24.3 Å². The summed E-state index contributed by atoms with van der Waals surface area (Å²) in [4.78, 5) is 0. The van der Waals surface area contributed by atoms with Crippen LogP contribution in [0.3, 0.4) is 0 Å². The van der Waals surface area contributed by atoms with Crippen molar-refractivity contribution in [2.75, 3.05) is 7.11 Å². The Kier molecular flexibility index (Phi) is 4.04. The Hall–Kier alpha value is -0.750. The summed E-state index contributed by atoms with van der Waals surface area (Å²) in [5, 5.41) is 17.4. The lowest BCUT2D eigenvalue weighted by Crippen LogP contribution is -1.92. The van der Waals surface area contributed by atoms with Crippen molar-refractivity contribution < 1.29 is 19.4 Å². The summed E-state index contributed by atoms with van der Waals surface area (Å²) in [6.07, 6.45) is 0. The van der Waals surface area contributed by atoms with Gasteiger partial charge in [0.25, 0.3) is 0 Å². The molecular formula is C8H10O4S. The van der Waals surface area contributed by atoms with Gasteiger partial charge in [0.15, 0.2) is 5.44 Å². The summed E-state index contributed by atoms with van der Waals surface area (Å²) in [5.41, 5.74) is -0.254. The predicted molar refractivity (Wildman–Crippen MR) is 49.3 cm³/mol. The third kappa shape index (κ3) is 2.89. The second kappa shape index (κ2) is 5.08. The lowest BCUT2D eigenvalue weighted by Gasteiger charge is -2.07. The van der Waals surface area contributed by atoms with Crippen LogP contribution in [0.25, 0.3) is 0 Å². The Morgan fingerprint density at radius 2 is 1.92 bits per heavy atom. The molecule has 0 radical (unpaired) electrons. The summed E-state index contributed by atoms with van der Waals surface area (Å²) >= 11 is 0.568. The van der Waals surface area contributed by atoms with Crippen LogP contribution in [0.5, 0.6) is 5.75 Å². The molecule has 0 aliphatic rings. The van der Waals surface area contributed by atoms with E-state index < -0.39 is 5.44 Å². The van der Waals surface area contributed by atoms with E-state index in [4.69, 9.17) is 9.99 Å². The molecule has 0 amide bonds. The molecule has 1 aromatic carbocycles. The van der Waals surface area contributed by atoms with Crippen LogP contribution in [0.1, 0.15) is 11.0 Å². The Balaban J connectivity index is 2.67. The fraction of sp³-hybridized carbons (Fsp3) is 0.250. The smallest absolute Gasteiger partial charge is 0.153 e. The lowest BCUT2D eigenvalue weighted by molar-refractivity contribution is -0.119. The van der Waals surface area contributed by atoms with Gasteiger partial charge in [-0.2, -0.15) is 4.33 Å². The van der Waals surface area contributed by atoms with Gasteiger partial charge >= 0.3 is 0 Å². The van der Waals surface area contributed by atoms with Crippen LogP contribution in [0.2, 0.25) is 0 Å². The molecule has 1 aromatic rings. The Morgan fingerprint density at radius 1 is 1.31 bits per heavy atom. The van der Waals surface area contributed by atoms with Crippen LogP contribution in [0.4, 0.5) is 0 Å². The number of hydrogen-bond acceptors (Lipinski definition) is 5. The van der Waals surface area contributed by atoms with E-state index in [0.717, 1.165) is 0 Å². The van der Waals surface area contributed by atoms with E-state index in [-0.39, 0.29) is 0 Å². The van der Waals surface area contributed by atoms with Crippen LogP contribution < -0.4 is 4.74 Å². The largest absolute Gasteiger partial charge is 0.497 e. The first kappa shape index (κ1) is 10.3. The minimum Gasteiger partial charge on any atom is -0.497 e. The predicted octanol–water partition coefficient (Wildman–Crippen LogP) is 1.82. The highest BCUT2D eigenvalue weighted by atomic mass is 32.2. The SMILES string of the molecule is COc1ccc(C(O)SOO)cc1. The Bertz CT molecular complexity index is 249. The molecule has 5 heteroatoms. The molecule has 0 saturated carbocycles. The summed E-state index contributed by atoms with van der Waals surface area (Å²) in [7, 11) is 1.57. The maximum atomic E-state index is 9.32.